The first-order valence-corrected chi connectivity index (χ1v) is 10.6. The lowest BCUT2D eigenvalue weighted by molar-refractivity contribution is 1.16. The summed E-state index contributed by atoms with van der Waals surface area (Å²) in [6.45, 7) is 12.1. The Morgan fingerprint density at radius 2 is 1.61 bits per heavy atom. The van der Waals surface area contributed by atoms with Gasteiger partial charge in [-0.05, 0) is 74.0 Å². The summed E-state index contributed by atoms with van der Waals surface area (Å²) in [5.74, 6) is 0.527. The van der Waals surface area contributed by atoms with Crippen molar-refractivity contribution >= 4 is 28.7 Å². The molecule has 164 valence electrons. The molecule has 0 aliphatic carbocycles. The van der Waals surface area contributed by atoms with Crippen molar-refractivity contribution in [2.24, 2.45) is 0 Å². The fourth-order valence-corrected chi connectivity index (χ4v) is 3.37. The molecule has 0 amide bonds. The topological polar surface area (TPSA) is 74.8 Å². The highest BCUT2D eigenvalue weighted by molar-refractivity contribution is 5.79. The molecule has 0 fully saturated rings. The number of pyridine rings is 1. The molecule has 0 radical (unpaired) electrons. The van der Waals surface area contributed by atoms with Gasteiger partial charge in [-0.2, -0.15) is 0 Å². The van der Waals surface area contributed by atoms with Gasteiger partial charge in [0.2, 0.25) is 5.95 Å². The van der Waals surface area contributed by atoms with Gasteiger partial charge in [-0.1, -0.05) is 19.2 Å². The van der Waals surface area contributed by atoms with Crippen molar-refractivity contribution in [1.82, 2.24) is 15.0 Å². The van der Waals surface area contributed by atoms with Gasteiger partial charge in [0, 0.05) is 58.2 Å². The molecular weight excluding hydrogens is 408 g/mol. The Morgan fingerprint density at radius 3 is 2.33 bits per heavy atom. The van der Waals surface area contributed by atoms with Crippen LogP contribution in [0.15, 0.2) is 98.1 Å². The van der Waals surface area contributed by atoms with Gasteiger partial charge in [-0.3, -0.25) is 4.98 Å². The van der Waals surface area contributed by atoms with Crippen molar-refractivity contribution < 1.29 is 0 Å². The Hall–Kier alpha value is -4.45. The first kappa shape index (κ1) is 21.8. The van der Waals surface area contributed by atoms with Crippen LogP contribution in [0, 0.1) is 6.92 Å². The van der Waals surface area contributed by atoms with E-state index in [2.05, 4.69) is 63.1 Å². The molecule has 0 saturated carbocycles. The van der Waals surface area contributed by atoms with Gasteiger partial charge in [0.25, 0.3) is 0 Å². The molecule has 4 rings (SSSR count). The predicted molar refractivity (Wildman–Crippen MR) is 137 cm³/mol. The van der Waals surface area contributed by atoms with Crippen LogP contribution in [0.1, 0.15) is 18.1 Å². The van der Waals surface area contributed by atoms with E-state index in [4.69, 9.17) is 0 Å². The fraction of sp³-hybridized carbons (Fsp3) is 0.0741. The van der Waals surface area contributed by atoms with Crippen LogP contribution in [0.4, 0.5) is 23.0 Å². The lowest BCUT2D eigenvalue weighted by Crippen LogP contribution is -2.02. The van der Waals surface area contributed by atoms with Crippen molar-refractivity contribution in [2.75, 3.05) is 16.0 Å². The molecule has 4 aromatic rings. The number of hydrogen-bond donors (Lipinski definition) is 3. The highest BCUT2D eigenvalue weighted by Crippen LogP contribution is 2.25. The minimum atomic E-state index is 0.527. The van der Waals surface area contributed by atoms with Gasteiger partial charge < -0.3 is 16.0 Å². The molecule has 0 aliphatic rings. The van der Waals surface area contributed by atoms with Crippen molar-refractivity contribution in [3.8, 4) is 11.3 Å². The number of nitrogens with one attached hydrogen (secondary N) is 3. The summed E-state index contributed by atoms with van der Waals surface area (Å²) >= 11 is 0. The van der Waals surface area contributed by atoms with Crippen LogP contribution in [0.2, 0.25) is 0 Å². The van der Waals surface area contributed by atoms with Crippen LogP contribution in [0.3, 0.4) is 0 Å². The zero-order valence-electron chi connectivity index (χ0n) is 18.8. The monoisotopic (exact) mass is 434 g/mol. The number of rotatable bonds is 8. The third-order valence-electron chi connectivity index (χ3n) is 4.97. The minimum absolute atomic E-state index is 0.527. The summed E-state index contributed by atoms with van der Waals surface area (Å²) in [5.41, 5.74) is 8.47. The Kier molecular flexibility index (Phi) is 6.45. The molecule has 0 unspecified atom stereocenters. The average Bonchev–Trinajstić information content (AvgIpc) is 2.82. The predicted octanol–water partition coefficient (Wildman–Crippen LogP) is 6.62. The largest absolute Gasteiger partial charge is 0.360 e. The molecular formula is C27H26N6. The zero-order valence-corrected chi connectivity index (χ0v) is 18.8. The van der Waals surface area contributed by atoms with E-state index in [0.29, 0.717) is 5.95 Å². The second-order valence-electron chi connectivity index (χ2n) is 7.75. The number of benzene rings is 2. The van der Waals surface area contributed by atoms with Gasteiger partial charge in [-0.15, -0.1) is 0 Å². The molecule has 6 heteroatoms. The zero-order chi connectivity index (χ0) is 23.2. The molecule has 2 heterocycles. The second kappa shape index (κ2) is 9.78. The van der Waals surface area contributed by atoms with Crippen molar-refractivity contribution in [2.45, 2.75) is 13.8 Å². The van der Waals surface area contributed by atoms with Gasteiger partial charge in [0.05, 0.1) is 5.69 Å². The minimum Gasteiger partial charge on any atom is -0.360 e. The van der Waals surface area contributed by atoms with E-state index in [1.165, 1.54) is 0 Å². The molecule has 0 spiro atoms. The van der Waals surface area contributed by atoms with E-state index in [0.717, 1.165) is 50.8 Å². The van der Waals surface area contributed by atoms with Crippen LogP contribution >= 0.6 is 0 Å². The van der Waals surface area contributed by atoms with E-state index < -0.39 is 0 Å². The summed E-state index contributed by atoms with van der Waals surface area (Å²) in [7, 11) is 0. The maximum atomic E-state index is 4.58. The van der Waals surface area contributed by atoms with E-state index in [1.807, 2.05) is 55.5 Å². The Labute approximate surface area is 194 Å². The fourth-order valence-electron chi connectivity index (χ4n) is 3.37. The number of anilines is 4. The normalized spacial score (nSPS) is 10.4. The SMILES string of the molecule is C=C(C)Nc1ccc(C)c(C(=C)Nc2ccc(Nc3nccc(-c4cccnc4)n3)cc2)c1. The summed E-state index contributed by atoms with van der Waals surface area (Å²) in [4.78, 5) is 13.1. The molecule has 6 nitrogen and oxygen atoms in total. The molecule has 0 saturated heterocycles. The Morgan fingerprint density at radius 1 is 0.848 bits per heavy atom. The van der Waals surface area contributed by atoms with Crippen molar-refractivity contribution in [3.63, 3.8) is 0 Å². The third kappa shape index (κ3) is 5.62. The smallest absolute Gasteiger partial charge is 0.227 e. The van der Waals surface area contributed by atoms with E-state index in [-0.39, 0.29) is 0 Å². The van der Waals surface area contributed by atoms with Crippen molar-refractivity contribution in [1.29, 1.82) is 0 Å². The highest BCUT2D eigenvalue weighted by atomic mass is 15.1. The molecule has 0 aliphatic heterocycles. The molecule has 2 aromatic carbocycles. The van der Waals surface area contributed by atoms with Crippen LogP contribution < -0.4 is 16.0 Å². The van der Waals surface area contributed by atoms with Gasteiger partial charge in [0.15, 0.2) is 0 Å². The van der Waals surface area contributed by atoms with Gasteiger partial charge in [-0.25, -0.2) is 9.97 Å². The molecule has 0 atom stereocenters. The summed E-state index contributed by atoms with van der Waals surface area (Å²) in [6.07, 6.45) is 5.26. The number of allylic oxidation sites excluding steroid dienone is 1. The number of aromatic nitrogens is 3. The number of nitrogens with zero attached hydrogens (tertiary/aromatic N) is 3. The maximum absolute atomic E-state index is 4.58. The number of aryl methyl sites for hydroxylation is 1. The van der Waals surface area contributed by atoms with Crippen LogP contribution in [0.5, 0.6) is 0 Å². The van der Waals surface area contributed by atoms with Crippen LogP contribution in [-0.4, -0.2) is 15.0 Å². The molecule has 0 bridgehead atoms. The summed E-state index contributed by atoms with van der Waals surface area (Å²) in [6, 6.07) is 19.8. The first-order chi connectivity index (χ1) is 16.0. The van der Waals surface area contributed by atoms with E-state index in [9.17, 15) is 0 Å². The lowest BCUT2D eigenvalue weighted by atomic mass is 10.0. The average molecular weight is 435 g/mol. The molecule has 3 N–H and O–H groups in total. The Balaban J connectivity index is 1.44. The van der Waals surface area contributed by atoms with Gasteiger partial charge >= 0.3 is 0 Å². The van der Waals surface area contributed by atoms with Crippen molar-refractivity contribution in [3.05, 3.63) is 109 Å². The second-order valence-corrected chi connectivity index (χ2v) is 7.75. The standard InChI is InChI=1S/C27H26N6/c1-18(2)30-24-8-7-19(3)25(16-24)20(4)31-22-9-11-23(12-10-22)32-27-29-15-13-26(33-27)21-6-5-14-28-17-21/h5-17,30-31H,1,4H2,2-3H3,(H,29,32,33). The van der Waals surface area contributed by atoms with E-state index >= 15 is 0 Å². The Bertz CT molecular complexity index is 1280. The summed E-state index contributed by atoms with van der Waals surface area (Å²) < 4.78 is 0. The van der Waals surface area contributed by atoms with Gasteiger partial charge in [0.1, 0.15) is 0 Å². The van der Waals surface area contributed by atoms with E-state index in [1.54, 1.807) is 18.6 Å². The summed E-state index contributed by atoms with van der Waals surface area (Å²) in [5, 5.41) is 9.89. The third-order valence-corrected chi connectivity index (χ3v) is 4.97. The quantitative estimate of drug-likeness (QED) is 0.289. The number of hydrogen-bond acceptors (Lipinski definition) is 6. The van der Waals surface area contributed by atoms with Crippen LogP contribution in [0.25, 0.3) is 17.0 Å². The first-order valence-electron chi connectivity index (χ1n) is 10.6. The molecule has 2 aromatic heterocycles. The van der Waals surface area contributed by atoms with Crippen LogP contribution in [-0.2, 0) is 0 Å². The molecule has 33 heavy (non-hydrogen) atoms. The lowest BCUT2D eigenvalue weighted by Gasteiger charge is -2.15. The highest BCUT2D eigenvalue weighted by Gasteiger charge is 2.07. The maximum Gasteiger partial charge on any atom is 0.227 e.